The summed E-state index contributed by atoms with van der Waals surface area (Å²) in [5, 5.41) is 18.8. The van der Waals surface area contributed by atoms with Gasteiger partial charge in [0, 0.05) is 12.6 Å². The van der Waals surface area contributed by atoms with Crippen LogP contribution in [-0.2, 0) is 4.74 Å². The van der Waals surface area contributed by atoms with E-state index in [1.165, 1.54) is 10.8 Å². The highest BCUT2D eigenvalue weighted by molar-refractivity contribution is 9.11. The molecule has 21 heavy (non-hydrogen) atoms. The Morgan fingerprint density at radius 2 is 2.24 bits per heavy atom. The quantitative estimate of drug-likeness (QED) is 0.662. The molecule has 1 aromatic rings. The highest BCUT2D eigenvalue weighted by Gasteiger charge is 2.35. The van der Waals surface area contributed by atoms with Gasteiger partial charge in [-0.3, -0.25) is 14.3 Å². The number of aliphatic hydroxyl groups excluding tert-OH is 2. The molecule has 1 aliphatic heterocycles. The van der Waals surface area contributed by atoms with Crippen LogP contribution in [0.2, 0.25) is 0 Å². The standard InChI is InChI=1S/C13H15BrN2O5/c14-4-2-1-3-8-6-16(13(20)15-12(8)19)11-5-9(18)10(7-17)21-11/h1-4,6,9-11,17-18H,5,7H2,(H,15,19,20)/b3-1-,4-2+/t9-,10+,11+/m0/s1. The molecule has 1 fully saturated rings. The van der Waals surface area contributed by atoms with E-state index in [0.717, 1.165) is 0 Å². The second-order valence-corrected chi connectivity index (χ2v) is 5.07. The van der Waals surface area contributed by atoms with Crippen molar-refractivity contribution in [1.82, 2.24) is 9.55 Å². The minimum atomic E-state index is -0.853. The lowest BCUT2D eigenvalue weighted by molar-refractivity contribution is -0.0459. The van der Waals surface area contributed by atoms with E-state index in [-0.39, 0.29) is 18.6 Å². The van der Waals surface area contributed by atoms with E-state index in [1.807, 2.05) is 0 Å². The van der Waals surface area contributed by atoms with Crippen molar-refractivity contribution in [3.8, 4) is 0 Å². The highest BCUT2D eigenvalue weighted by Crippen LogP contribution is 2.27. The molecule has 3 atom stereocenters. The number of allylic oxidation sites excluding steroid dienone is 2. The van der Waals surface area contributed by atoms with Gasteiger partial charge in [0.05, 0.1) is 18.3 Å². The molecule has 2 rings (SSSR count). The molecule has 0 saturated carbocycles. The average molecular weight is 359 g/mol. The lowest BCUT2D eigenvalue weighted by Crippen LogP contribution is -2.33. The minimum Gasteiger partial charge on any atom is -0.394 e. The van der Waals surface area contributed by atoms with Gasteiger partial charge in [-0.1, -0.05) is 28.1 Å². The molecular formula is C13H15BrN2O5. The third kappa shape index (κ3) is 3.59. The van der Waals surface area contributed by atoms with Crippen molar-refractivity contribution in [1.29, 1.82) is 0 Å². The average Bonchev–Trinajstić information content (AvgIpc) is 2.82. The fourth-order valence-corrected chi connectivity index (χ4v) is 2.26. The molecule has 3 N–H and O–H groups in total. The number of aliphatic hydroxyl groups is 2. The van der Waals surface area contributed by atoms with Crippen molar-refractivity contribution >= 4 is 22.0 Å². The molecule has 1 aliphatic rings. The number of hydrogen-bond donors (Lipinski definition) is 3. The predicted octanol–water partition coefficient (Wildman–Crippen LogP) is 0.0991. The zero-order valence-corrected chi connectivity index (χ0v) is 12.6. The predicted molar refractivity (Wildman–Crippen MR) is 80.0 cm³/mol. The number of aromatic nitrogens is 2. The van der Waals surface area contributed by atoms with Gasteiger partial charge >= 0.3 is 5.69 Å². The summed E-state index contributed by atoms with van der Waals surface area (Å²) >= 11 is 3.10. The molecule has 2 heterocycles. The molecule has 0 amide bonds. The van der Waals surface area contributed by atoms with Crippen LogP contribution in [0.15, 0.2) is 32.9 Å². The second-order valence-electron chi connectivity index (χ2n) is 4.54. The Kier molecular flexibility index (Phi) is 5.29. The number of nitrogens with zero attached hydrogens (tertiary/aromatic N) is 1. The van der Waals surface area contributed by atoms with Crippen molar-refractivity contribution in [2.24, 2.45) is 0 Å². The highest BCUT2D eigenvalue weighted by atomic mass is 79.9. The van der Waals surface area contributed by atoms with Crippen molar-refractivity contribution < 1.29 is 14.9 Å². The number of aromatic amines is 1. The van der Waals surface area contributed by atoms with E-state index < -0.39 is 29.7 Å². The molecule has 0 spiro atoms. The molecule has 114 valence electrons. The molecule has 8 heteroatoms. The first-order valence-electron chi connectivity index (χ1n) is 6.30. The molecular weight excluding hydrogens is 344 g/mol. The van der Waals surface area contributed by atoms with Crippen LogP contribution in [0.5, 0.6) is 0 Å². The zero-order chi connectivity index (χ0) is 15.4. The molecule has 0 unspecified atom stereocenters. The van der Waals surface area contributed by atoms with Gasteiger partial charge < -0.3 is 14.9 Å². The number of H-pyrrole nitrogens is 1. The maximum atomic E-state index is 11.8. The van der Waals surface area contributed by atoms with Gasteiger partial charge in [0.2, 0.25) is 0 Å². The van der Waals surface area contributed by atoms with Crippen LogP contribution in [0, 0.1) is 0 Å². The SMILES string of the molecule is O=c1[nH]c(=O)n([C@H]2C[C@H](O)[C@@H](CO)O2)cc1/C=C\C=C\Br. The van der Waals surface area contributed by atoms with E-state index >= 15 is 0 Å². The molecule has 1 aromatic heterocycles. The number of ether oxygens (including phenoxy) is 1. The first-order valence-corrected chi connectivity index (χ1v) is 7.21. The van der Waals surface area contributed by atoms with Gasteiger partial charge in [-0.15, -0.1) is 0 Å². The van der Waals surface area contributed by atoms with Crippen LogP contribution in [-0.4, -0.2) is 38.6 Å². The summed E-state index contributed by atoms with van der Waals surface area (Å²) in [7, 11) is 0. The number of hydrogen-bond acceptors (Lipinski definition) is 5. The van der Waals surface area contributed by atoms with Gasteiger partial charge in [0.25, 0.3) is 5.56 Å². The molecule has 0 radical (unpaired) electrons. The van der Waals surface area contributed by atoms with Crippen LogP contribution in [0.3, 0.4) is 0 Å². The Morgan fingerprint density at radius 1 is 1.48 bits per heavy atom. The van der Waals surface area contributed by atoms with Crippen LogP contribution in [0.4, 0.5) is 0 Å². The van der Waals surface area contributed by atoms with Gasteiger partial charge in [0.1, 0.15) is 12.3 Å². The largest absolute Gasteiger partial charge is 0.394 e. The first kappa shape index (κ1) is 15.9. The third-order valence-corrected chi connectivity index (χ3v) is 3.45. The molecule has 1 saturated heterocycles. The Hall–Kier alpha value is -1.48. The van der Waals surface area contributed by atoms with E-state index in [1.54, 1.807) is 23.2 Å². The summed E-state index contributed by atoms with van der Waals surface area (Å²) in [5.41, 5.74) is -0.845. The molecule has 0 aliphatic carbocycles. The number of rotatable bonds is 4. The molecule has 0 aromatic carbocycles. The Morgan fingerprint density at radius 3 is 2.86 bits per heavy atom. The van der Waals surface area contributed by atoms with E-state index in [2.05, 4.69) is 20.9 Å². The second kappa shape index (κ2) is 6.99. The fourth-order valence-electron chi connectivity index (χ4n) is 2.09. The van der Waals surface area contributed by atoms with Crippen LogP contribution < -0.4 is 11.2 Å². The van der Waals surface area contributed by atoms with Crippen molar-refractivity contribution in [3.63, 3.8) is 0 Å². The maximum absolute atomic E-state index is 11.8. The summed E-state index contributed by atoms with van der Waals surface area (Å²) in [6.45, 7) is -0.335. The van der Waals surface area contributed by atoms with Gasteiger partial charge in [0.15, 0.2) is 0 Å². The van der Waals surface area contributed by atoms with Crippen LogP contribution >= 0.6 is 15.9 Å². The van der Waals surface area contributed by atoms with Gasteiger partial charge in [-0.05, 0) is 11.1 Å². The van der Waals surface area contributed by atoms with Crippen LogP contribution in [0.1, 0.15) is 18.2 Å². The van der Waals surface area contributed by atoms with Crippen molar-refractivity contribution in [3.05, 3.63) is 49.7 Å². The van der Waals surface area contributed by atoms with Crippen molar-refractivity contribution in [2.45, 2.75) is 24.9 Å². The summed E-state index contributed by atoms with van der Waals surface area (Å²) in [4.78, 5) is 27.4. The monoisotopic (exact) mass is 358 g/mol. The topological polar surface area (TPSA) is 105 Å². The maximum Gasteiger partial charge on any atom is 0.330 e. The summed E-state index contributed by atoms with van der Waals surface area (Å²) < 4.78 is 6.61. The van der Waals surface area contributed by atoms with E-state index in [9.17, 15) is 14.7 Å². The minimum absolute atomic E-state index is 0.168. The summed E-state index contributed by atoms with van der Waals surface area (Å²) in [6, 6.07) is 0. The fraction of sp³-hybridized carbons (Fsp3) is 0.385. The smallest absolute Gasteiger partial charge is 0.330 e. The number of halogens is 1. The molecule has 0 bridgehead atoms. The summed E-state index contributed by atoms with van der Waals surface area (Å²) in [6.07, 6.45) is 4.08. The van der Waals surface area contributed by atoms with E-state index in [4.69, 9.17) is 9.84 Å². The number of nitrogens with one attached hydrogen (secondary N) is 1. The van der Waals surface area contributed by atoms with Crippen LogP contribution in [0.25, 0.3) is 6.08 Å². The van der Waals surface area contributed by atoms with E-state index in [0.29, 0.717) is 0 Å². The third-order valence-electron chi connectivity index (χ3n) is 3.15. The van der Waals surface area contributed by atoms with Gasteiger partial charge in [-0.25, -0.2) is 4.79 Å². The Labute approximate surface area is 128 Å². The Balaban J connectivity index is 2.34. The lowest BCUT2D eigenvalue weighted by Gasteiger charge is -2.14. The van der Waals surface area contributed by atoms with Crippen molar-refractivity contribution in [2.75, 3.05) is 6.61 Å². The van der Waals surface area contributed by atoms with Gasteiger partial charge in [-0.2, -0.15) is 0 Å². The Bertz CT molecular complexity index is 663. The zero-order valence-electron chi connectivity index (χ0n) is 11.0. The normalized spacial score (nSPS) is 26.1. The summed E-state index contributed by atoms with van der Waals surface area (Å²) in [5.74, 6) is 0. The molecule has 7 nitrogen and oxygen atoms in total. The lowest BCUT2D eigenvalue weighted by atomic mass is 10.2. The first-order chi connectivity index (χ1) is 10.1.